The predicted molar refractivity (Wildman–Crippen MR) is 306 cm³/mol. The first-order chi connectivity index (χ1) is 37.8. The van der Waals surface area contributed by atoms with Gasteiger partial charge in [-0.15, -0.1) is 0 Å². The van der Waals surface area contributed by atoms with Crippen LogP contribution in [0, 0.1) is 35.3 Å². The minimum absolute atomic E-state index is 0.0715. The maximum Gasteiger partial charge on any atom is 0.272 e. The largest absolute Gasteiger partial charge is 0.496 e. The van der Waals surface area contributed by atoms with E-state index in [1.165, 1.54) is 48.5 Å². The fourth-order valence-electron chi connectivity index (χ4n) is 9.14. The van der Waals surface area contributed by atoms with Crippen molar-refractivity contribution in [1.29, 1.82) is 0 Å². The number of carbonyl (C=O) groups is 4. The van der Waals surface area contributed by atoms with Crippen molar-refractivity contribution < 1.29 is 46.9 Å². The van der Waals surface area contributed by atoms with Gasteiger partial charge in [0, 0.05) is 49.4 Å². The molecule has 0 aliphatic carbocycles. The first-order valence-electron chi connectivity index (χ1n) is 27.1. The van der Waals surface area contributed by atoms with Gasteiger partial charge in [0.15, 0.2) is 11.4 Å². The lowest BCUT2D eigenvalue weighted by Crippen LogP contribution is -2.38. The zero-order valence-electron chi connectivity index (χ0n) is 47.9. The van der Waals surface area contributed by atoms with Crippen LogP contribution in [0.5, 0.6) is 23.0 Å². The Morgan fingerprint density at radius 1 is 0.519 bits per heavy atom. The summed E-state index contributed by atoms with van der Waals surface area (Å²) in [6.07, 6.45) is 4.24. The van der Waals surface area contributed by atoms with Crippen molar-refractivity contribution in [1.82, 2.24) is 30.2 Å². The van der Waals surface area contributed by atoms with Crippen molar-refractivity contribution >= 4 is 35.0 Å². The van der Waals surface area contributed by atoms with Gasteiger partial charge in [0.25, 0.3) is 11.8 Å². The van der Waals surface area contributed by atoms with Crippen molar-refractivity contribution in [3.63, 3.8) is 0 Å². The fraction of sp³-hybridized carbons (Fsp3) is 0.443. The molecule has 79 heavy (non-hydrogen) atoms. The second-order valence-electron chi connectivity index (χ2n) is 20.6. The highest BCUT2D eigenvalue weighted by atomic mass is 19.1. The predicted octanol–water partition coefficient (Wildman–Crippen LogP) is 12.2. The number of nitrogens with one attached hydrogen (secondary N) is 4. The summed E-state index contributed by atoms with van der Waals surface area (Å²) >= 11 is 0. The van der Waals surface area contributed by atoms with Crippen LogP contribution in [0.25, 0.3) is 22.5 Å². The van der Waals surface area contributed by atoms with Crippen molar-refractivity contribution in [3.8, 4) is 45.5 Å². The minimum Gasteiger partial charge on any atom is -0.496 e. The summed E-state index contributed by atoms with van der Waals surface area (Å²) in [6, 6.07) is 24.9. The Labute approximate surface area is 464 Å². The fourth-order valence-corrected chi connectivity index (χ4v) is 9.14. The van der Waals surface area contributed by atoms with Crippen molar-refractivity contribution in [2.24, 2.45) is 23.7 Å². The van der Waals surface area contributed by atoms with Gasteiger partial charge in [-0.25, -0.2) is 8.78 Å². The number of carbonyl (C=O) groups excluding carboxylic acids is 4. The molecular formula is C61H80F2N8O8. The Bertz CT molecular complexity index is 2870. The van der Waals surface area contributed by atoms with Crippen LogP contribution in [0.1, 0.15) is 121 Å². The Morgan fingerprint density at radius 2 is 0.873 bits per heavy atom. The molecular weight excluding hydrogens is 1010 g/mol. The molecule has 0 fully saturated rings. The van der Waals surface area contributed by atoms with Crippen LogP contribution in [0.2, 0.25) is 0 Å². The molecule has 0 saturated heterocycles. The summed E-state index contributed by atoms with van der Waals surface area (Å²) in [5.74, 6) is 1.62. The van der Waals surface area contributed by atoms with Crippen LogP contribution in [-0.4, -0.2) is 83.7 Å². The Hall–Kier alpha value is -7.76. The number of ether oxygens (including phenoxy) is 4. The van der Waals surface area contributed by atoms with E-state index in [1.807, 2.05) is 73.5 Å². The monoisotopic (exact) mass is 1090 g/mol. The van der Waals surface area contributed by atoms with Crippen LogP contribution < -0.4 is 40.2 Å². The molecule has 4 amide bonds. The molecule has 16 nitrogen and oxygen atoms in total. The highest BCUT2D eigenvalue weighted by Crippen LogP contribution is 2.40. The molecule has 4 aromatic carbocycles. The topological polar surface area (TPSA) is 189 Å². The second kappa shape index (κ2) is 30.4. The van der Waals surface area contributed by atoms with E-state index >= 15 is 0 Å². The van der Waals surface area contributed by atoms with E-state index in [9.17, 15) is 28.0 Å². The number of methoxy groups -OCH3 is 4. The molecule has 18 heteroatoms. The number of aromatic nitrogens is 4. The van der Waals surface area contributed by atoms with Gasteiger partial charge in [0.2, 0.25) is 11.8 Å². The first-order valence-corrected chi connectivity index (χ1v) is 27.1. The standard InChI is InChI=1S/C31H41FN4O4.C30H39FN4O4/c1-7-21(8-2)19-36-26(30-27(39-5)10-9-11-28(30)40-6)18-25(35-36)31(38)34-24(16-20(3)4)17-29(37)33-23-14-12-22(32)13-15-23;1-7-20(4)18-35-25(29-26(38-5)9-8-10-27(29)39-6)17-24(34-35)30(37)33-23(15-19(2)3)16-28(36)32-22-13-11-21(31)12-14-22/h9-15,18,20-21,24H,7-8,16-17,19H2,1-6H3,(H,33,37)(H,34,38);8-14,17,19-20,23H,7,15-16,18H2,1-6H3,(H,32,36)(H,33,37)/t24-;20?,23-/m00/s1. The summed E-state index contributed by atoms with van der Waals surface area (Å²) in [4.78, 5) is 52.5. The van der Waals surface area contributed by atoms with E-state index < -0.39 is 12.1 Å². The highest BCUT2D eigenvalue weighted by molar-refractivity contribution is 5.97. The maximum absolute atomic E-state index is 13.5. The number of amides is 4. The molecule has 0 bridgehead atoms. The number of halogens is 2. The highest BCUT2D eigenvalue weighted by Gasteiger charge is 2.27. The van der Waals surface area contributed by atoms with Gasteiger partial charge in [-0.05, 0) is 121 Å². The molecule has 2 heterocycles. The molecule has 0 spiro atoms. The van der Waals surface area contributed by atoms with E-state index in [-0.39, 0.29) is 71.3 Å². The second-order valence-corrected chi connectivity index (χ2v) is 20.6. The third-order valence-electron chi connectivity index (χ3n) is 13.5. The average Bonchev–Trinajstić information content (AvgIpc) is 4.21. The lowest BCUT2D eigenvalue weighted by molar-refractivity contribution is -0.117. The molecule has 4 N–H and O–H groups in total. The van der Waals surface area contributed by atoms with Gasteiger partial charge >= 0.3 is 0 Å². The lowest BCUT2D eigenvalue weighted by atomic mass is 10.0. The number of hydrogen-bond donors (Lipinski definition) is 4. The summed E-state index contributed by atoms with van der Waals surface area (Å²) in [6.45, 7) is 17.9. The van der Waals surface area contributed by atoms with Crippen LogP contribution in [0.15, 0.2) is 97.1 Å². The van der Waals surface area contributed by atoms with Gasteiger partial charge in [-0.1, -0.05) is 86.8 Å². The van der Waals surface area contributed by atoms with E-state index in [1.54, 1.807) is 40.6 Å². The van der Waals surface area contributed by atoms with Gasteiger partial charge in [0.05, 0.1) is 51.0 Å². The molecule has 0 radical (unpaired) electrons. The van der Waals surface area contributed by atoms with Crippen LogP contribution in [0.4, 0.5) is 20.2 Å². The Balaban J connectivity index is 0.000000291. The minimum atomic E-state index is -0.415. The van der Waals surface area contributed by atoms with Crippen molar-refractivity contribution in [2.45, 2.75) is 126 Å². The summed E-state index contributed by atoms with van der Waals surface area (Å²) in [7, 11) is 6.38. The molecule has 3 atom stereocenters. The third-order valence-corrected chi connectivity index (χ3v) is 13.5. The average molecular weight is 1090 g/mol. The van der Waals surface area contributed by atoms with Crippen LogP contribution in [0.3, 0.4) is 0 Å². The normalized spacial score (nSPS) is 12.3. The number of rotatable bonds is 27. The Kier molecular flexibility index (Phi) is 23.9. The maximum atomic E-state index is 13.5. The molecule has 1 unspecified atom stereocenters. The van der Waals surface area contributed by atoms with Gasteiger partial charge in [0.1, 0.15) is 34.6 Å². The summed E-state index contributed by atoms with van der Waals surface area (Å²) < 4.78 is 52.7. The van der Waals surface area contributed by atoms with E-state index in [0.717, 1.165) is 36.1 Å². The number of anilines is 2. The number of nitrogens with zero attached hydrogens (tertiary/aromatic N) is 4. The van der Waals surface area contributed by atoms with Gasteiger partial charge in [-0.2, -0.15) is 10.2 Å². The Morgan fingerprint density at radius 3 is 1.19 bits per heavy atom. The molecule has 0 aliphatic heterocycles. The summed E-state index contributed by atoms with van der Waals surface area (Å²) in [5.41, 5.74) is 4.37. The molecule has 6 rings (SSSR count). The van der Waals surface area contributed by atoms with E-state index in [0.29, 0.717) is 77.8 Å². The van der Waals surface area contributed by atoms with E-state index in [4.69, 9.17) is 24.0 Å². The number of hydrogen-bond acceptors (Lipinski definition) is 10. The third kappa shape index (κ3) is 18.2. The molecule has 0 saturated carbocycles. The van der Waals surface area contributed by atoms with Crippen LogP contribution >= 0.6 is 0 Å². The zero-order chi connectivity index (χ0) is 57.8. The van der Waals surface area contributed by atoms with Gasteiger partial charge in [-0.3, -0.25) is 28.5 Å². The lowest BCUT2D eigenvalue weighted by Gasteiger charge is -2.20. The van der Waals surface area contributed by atoms with E-state index in [2.05, 4.69) is 54.1 Å². The molecule has 0 aliphatic rings. The first kappa shape index (κ1) is 62.1. The molecule has 6 aromatic rings. The molecule has 2 aromatic heterocycles. The zero-order valence-corrected chi connectivity index (χ0v) is 47.9. The number of benzene rings is 4. The SMILES string of the molecule is CCC(C)Cn1nc(C(=O)N[C@H](CC(=O)Nc2ccc(F)cc2)CC(C)C)cc1-c1c(OC)cccc1OC.CCC(CC)Cn1nc(C(=O)N[C@H](CC(=O)Nc2ccc(F)cc2)CC(C)C)cc1-c1c(OC)cccc1OC. The van der Waals surface area contributed by atoms with Crippen molar-refractivity contribution in [2.75, 3.05) is 39.1 Å². The summed E-state index contributed by atoms with van der Waals surface area (Å²) in [5, 5.41) is 21.0. The smallest absolute Gasteiger partial charge is 0.272 e. The quantitative estimate of drug-likeness (QED) is 0.0386. The van der Waals surface area contributed by atoms with Gasteiger partial charge < -0.3 is 40.2 Å². The molecule has 426 valence electrons. The van der Waals surface area contributed by atoms with Crippen LogP contribution in [-0.2, 0) is 22.7 Å². The van der Waals surface area contributed by atoms with Crippen molar-refractivity contribution in [3.05, 3.63) is 120 Å².